The summed E-state index contributed by atoms with van der Waals surface area (Å²) in [6, 6.07) is 18.9. The van der Waals surface area contributed by atoms with Crippen LogP contribution in [0.25, 0.3) is 10.8 Å². The van der Waals surface area contributed by atoms with Gasteiger partial charge in [0.1, 0.15) is 17.9 Å². The van der Waals surface area contributed by atoms with Gasteiger partial charge in [0.15, 0.2) is 0 Å². The number of benzene rings is 3. The molecule has 0 radical (unpaired) electrons. The highest BCUT2D eigenvalue weighted by molar-refractivity contribution is 9.10. The first kappa shape index (κ1) is 16.3. The highest BCUT2D eigenvalue weighted by Crippen LogP contribution is 2.50. The van der Waals surface area contributed by atoms with E-state index in [1.807, 2.05) is 6.07 Å². The number of hydrogen-bond donors (Lipinski definition) is 1. The molecule has 1 aliphatic rings. The lowest BCUT2D eigenvalue weighted by atomic mass is 9.81. The second-order valence-corrected chi connectivity index (χ2v) is 7.68. The maximum absolute atomic E-state index is 6.29. The van der Waals surface area contributed by atoms with E-state index in [-0.39, 0.29) is 5.92 Å². The van der Waals surface area contributed by atoms with Crippen LogP contribution in [0.1, 0.15) is 28.2 Å². The van der Waals surface area contributed by atoms with Gasteiger partial charge in [0, 0.05) is 16.0 Å². The van der Waals surface area contributed by atoms with Crippen molar-refractivity contribution >= 4 is 32.5 Å². The third kappa shape index (κ3) is 2.58. The minimum atomic E-state index is -0.0876. The summed E-state index contributed by atoms with van der Waals surface area (Å²) < 4.78 is 7.17. The second-order valence-electron chi connectivity index (χ2n) is 6.77. The predicted molar refractivity (Wildman–Crippen MR) is 110 cm³/mol. The summed E-state index contributed by atoms with van der Waals surface area (Å²) in [5.41, 5.74) is 10.6. The Balaban J connectivity index is 1.87. The molecule has 1 aromatic heterocycles. The average molecular weight is 418 g/mol. The van der Waals surface area contributed by atoms with Crippen LogP contribution in [0, 0.1) is 6.92 Å². The fourth-order valence-electron chi connectivity index (χ4n) is 3.78. The predicted octanol–water partition coefficient (Wildman–Crippen LogP) is 5.57. The Kier molecular flexibility index (Phi) is 3.65. The van der Waals surface area contributed by atoms with Crippen LogP contribution in [-0.4, -0.2) is 9.97 Å². The van der Waals surface area contributed by atoms with E-state index in [9.17, 15) is 0 Å². The van der Waals surface area contributed by atoms with Gasteiger partial charge in [0.05, 0.1) is 5.56 Å². The van der Waals surface area contributed by atoms with Crippen molar-refractivity contribution in [2.75, 3.05) is 5.73 Å². The van der Waals surface area contributed by atoms with E-state index in [0.717, 1.165) is 37.7 Å². The number of aryl methyl sites for hydroxylation is 1. The van der Waals surface area contributed by atoms with Crippen molar-refractivity contribution in [3.8, 4) is 11.6 Å². The zero-order chi connectivity index (χ0) is 18.5. The van der Waals surface area contributed by atoms with Crippen LogP contribution < -0.4 is 10.5 Å². The monoisotopic (exact) mass is 417 g/mol. The van der Waals surface area contributed by atoms with Gasteiger partial charge < -0.3 is 10.5 Å². The van der Waals surface area contributed by atoms with Gasteiger partial charge in [-0.1, -0.05) is 57.9 Å². The molecule has 0 aliphatic carbocycles. The lowest BCUT2D eigenvalue weighted by Crippen LogP contribution is -2.16. The summed E-state index contributed by atoms with van der Waals surface area (Å²) in [5.74, 6) is 1.69. The summed E-state index contributed by atoms with van der Waals surface area (Å²) in [6.45, 7) is 2.08. The molecule has 4 aromatic rings. The SMILES string of the molecule is Cc1ccc(C2c3c(N)ncnc3Oc3ccc4cc(Br)ccc4c32)cc1. The van der Waals surface area contributed by atoms with Crippen LogP contribution in [0.4, 0.5) is 5.82 Å². The number of hydrogen-bond acceptors (Lipinski definition) is 4. The van der Waals surface area contributed by atoms with E-state index < -0.39 is 0 Å². The molecule has 0 spiro atoms. The number of fused-ring (bicyclic) bond motifs is 4. The maximum atomic E-state index is 6.29. The highest BCUT2D eigenvalue weighted by atomic mass is 79.9. The van der Waals surface area contributed by atoms with E-state index in [4.69, 9.17) is 10.5 Å². The molecule has 5 rings (SSSR count). The molecular formula is C22H16BrN3O. The zero-order valence-electron chi connectivity index (χ0n) is 14.6. The molecule has 1 aliphatic heterocycles. The summed E-state index contributed by atoms with van der Waals surface area (Å²) in [4.78, 5) is 8.58. The number of nitrogens with two attached hydrogens (primary N) is 1. The van der Waals surface area contributed by atoms with Crippen LogP contribution in [-0.2, 0) is 0 Å². The third-order valence-electron chi connectivity index (χ3n) is 5.06. The van der Waals surface area contributed by atoms with Crippen molar-refractivity contribution in [2.45, 2.75) is 12.8 Å². The number of ether oxygens (including phenoxy) is 1. The molecule has 0 fully saturated rings. The number of halogens is 1. The van der Waals surface area contributed by atoms with Gasteiger partial charge in [0.25, 0.3) is 0 Å². The van der Waals surface area contributed by atoms with Gasteiger partial charge >= 0.3 is 0 Å². The second kappa shape index (κ2) is 6.06. The van der Waals surface area contributed by atoms with E-state index in [0.29, 0.717) is 11.7 Å². The number of rotatable bonds is 1. The van der Waals surface area contributed by atoms with Crippen molar-refractivity contribution in [3.05, 3.63) is 87.7 Å². The van der Waals surface area contributed by atoms with E-state index in [1.54, 1.807) is 0 Å². The lowest BCUT2D eigenvalue weighted by molar-refractivity contribution is 0.434. The average Bonchev–Trinajstić information content (AvgIpc) is 2.67. The van der Waals surface area contributed by atoms with Gasteiger partial charge in [0.2, 0.25) is 5.88 Å². The topological polar surface area (TPSA) is 61.0 Å². The van der Waals surface area contributed by atoms with Gasteiger partial charge in [-0.05, 0) is 41.5 Å². The normalized spacial score (nSPS) is 15.1. The van der Waals surface area contributed by atoms with Crippen molar-refractivity contribution < 1.29 is 4.74 Å². The quantitative estimate of drug-likeness (QED) is 0.387. The summed E-state index contributed by atoms with van der Waals surface area (Å²) in [7, 11) is 0. The molecule has 0 amide bonds. The molecule has 27 heavy (non-hydrogen) atoms. The highest BCUT2D eigenvalue weighted by Gasteiger charge is 2.33. The van der Waals surface area contributed by atoms with Crippen LogP contribution in [0.15, 0.2) is 65.4 Å². The van der Waals surface area contributed by atoms with Crippen molar-refractivity contribution in [3.63, 3.8) is 0 Å². The van der Waals surface area contributed by atoms with Gasteiger partial charge in [-0.2, -0.15) is 0 Å². The Bertz CT molecular complexity index is 1190. The Morgan fingerprint density at radius 1 is 0.963 bits per heavy atom. The smallest absolute Gasteiger partial charge is 0.228 e. The van der Waals surface area contributed by atoms with E-state index in [2.05, 4.69) is 81.4 Å². The molecule has 2 N–H and O–H groups in total. The van der Waals surface area contributed by atoms with Crippen molar-refractivity contribution in [1.29, 1.82) is 0 Å². The van der Waals surface area contributed by atoms with Crippen molar-refractivity contribution in [2.24, 2.45) is 0 Å². The van der Waals surface area contributed by atoms with Gasteiger partial charge in [-0.3, -0.25) is 0 Å². The van der Waals surface area contributed by atoms with E-state index >= 15 is 0 Å². The molecule has 0 bridgehead atoms. The fraction of sp³-hybridized carbons (Fsp3) is 0.0909. The minimum Gasteiger partial charge on any atom is -0.438 e. The van der Waals surface area contributed by atoms with Gasteiger partial charge in [-0.25, -0.2) is 9.97 Å². The molecule has 1 unspecified atom stereocenters. The maximum Gasteiger partial charge on any atom is 0.228 e. The molecule has 5 heteroatoms. The molecule has 0 saturated heterocycles. The molecular weight excluding hydrogens is 402 g/mol. The standard InChI is InChI=1S/C22H16BrN3O/c1-12-2-4-13(5-3-12)18-19-16-8-7-15(23)10-14(16)6-9-17(19)27-22-20(18)21(24)25-11-26-22/h2-11,18H,1H3,(H2,24,25,26). The van der Waals surface area contributed by atoms with Crippen LogP contribution in [0.5, 0.6) is 11.6 Å². The fourth-order valence-corrected chi connectivity index (χ4v) is 4.16. The Labute approximate surface area is 165 Å². The van der Waals surface area contributed by atoms with E-state index in [1.165, 1.54) is 11.9 Å². The Morgan fingerprint density at radius 2 is 1.78 bits per heavy atom. The number of anilines is 1. The third-order valence-corrected chi connectivity index (χ3v) is 5.55. The summed E-state index contributed by atoms with van der Waals surface area (Å²) >= 11 is 3.56. The Morgan fingerprint density at radius 3 is 2.59 bits per heavy atom. The summed E-state index contributed by atoms with van der Waals surface area (Å²) in [5, 5.41) is 2.28. The van der Waals surface area contributed by atoms with Crippen LogP contribution in [0.2, 0.25) is 0 Å². The first-order valence-corrected chi connectivity index (χ1v) is 9.48. The molecule has 0 saturated carbocycles. The molecule has 4 nitrogen and oxygen atoms in total. The number of aromatic nitrogens is 2. The molecule has 2 heterocycles. The van der Waals surface area contributed by atoms with Gasteiger partial charge in [-0.15, -0.1) is 0 Å². The Hall–Kier alpha value is -2.92. The number of nitrogens with zero attached hydrogens (tertiary/aromatic N) is 2. The zero-order valence-corrected chi connectivity index (χ0v) is 16.2. The van der Waals surface area contributed by atoms with Crippen LogP contribution in [0.3, 0.4) is 0 Å². The van der Waals surface area contributed by atoms with Crippen molar-refractivity contribution in [1.82, 2.24) is 9.97 Å². The number of nitrogen functional groups attached to an aromatic ring is 1. The van der Waals surface area contributed by atoms with Crippen LogP contribution >= 0.6 is 15.9 Å². The largest absolute Gasteiger partial charge is 0.438 e. The lowest BCUT2D eigenvalue weighted by Gasteiger charge is -2.29. The molecule has 3 aromatic carbocycles. The molecule has 132 valence electrons. The first-order chi connectivity index (χ1) is 13.1. The molecule has 1 atom stereocenters. The minimum absolute atomic E-state index is 0.0876. The first-order valence-electron chi connectivity index (χ1n) is 8.69. The summed E-state index contributed by atoms with van der Waals surface area (Å²) in [6.07, 6.45) is 1.45.